The molecule has 71 heavy (non-hydrogen) atoms. The van der Waals surface area contributed by atoms with Crippen LogP contribution in [0.3, 0.4) is 0 Å². The van der Waals surface area contributed by atoms with Gasteiger partial charge < -0.3 is 15.5 Å². The summed E-state index contributed by atoms with van der Waals surface area (Å²) in [5.41, 5.74) is 0. The third-order valence-electron chi connectivity index (χ3n) is 14.4. The van der Waals surface area contributed by atoms with Gasteiger partial charge in [-0.2, -0.15) is 0 Å². The van der Waals surface area contributed by atoms with Gasteiger partial charge in [0.05, 0.1) is 18.8 Å². The van der Waals surface area contributed by atoms with E-state index in [1.165, 1.54) is 257 Å². The summed E-state index contributed by atoms with van der Waals surface area (Å²) in [6.07, 6.45) is 89.6. The van der Waals surface area contributed by atoms with E-state index in [9.17, 15) is 15.0 Å². The average molecular weight is 991 g/mol. The Morgan fingerprint density at radius 1 is 0.338 bits per heavy atom. The molecule has 0 heterocycles. The topological polar surface area (TPSA) is 69.6 Å². The number of amides is 1. The van der Waals surface area contributed by atoms with Crippen LogP contribution in [0.5, 0.6) is 0 Å². The maximum absolute atomic E-state index is 12.5. The molecule has 3 N–H and O–H groups in total. The largest absolute Gasteiger partial charge is 0.394 e. The van der Waals surface area contributed by atoms with Gasteiger partial charge in [0.25, 0.3) is 0 Å². The maximum Gasteiger partial charge on any atom is 0.220 e. The SMILES string of the molecule is CCCCCCC/C=C\C/C=C\C/C=C\CCCCCCCCCCCCCCCCCCCCCCCCCCC(=O)NC(CO)C(O)/C=C/CC/C=C/CC/C=C/CCCCCCCCCCCC. The Kier molecular flexibility index (Phi) is 60.2. The second-order valence-corrected chi connectivity index (χ2v) is 21.5. The Labute approximate surface area is 444 Å². The Bertz CT molecular complexity index is 1210. The number of hydrogen-bond donors (Lipinski definition) is 3. The minimum atomic E-state index is -0.872. The van der Waals surface area contributed by atoms with E-state index in [4.69, 9.17) is 0 Å². The molecule has 0 aromatic rings. The Morgan fingerprint density at radius 3 is 0.915 bits per heavy atom. The van der Waals surface area contributed by atoms with Crippen molar-refractivity contribution in [2.45, 2.75) is 341 Å². The van der Waals surface area contributed by atoms with E-state index < -0.39 is 12.1 Å². The van der Waals surface area contributed by atoms with E-state index in [1.807, 2.05) is 6.08 Å². The zero-order valence-corrected chi connectivity index (χ0v) is 47.7. The summed E-state index contributed by atoms with van der Waals surface area (Å²) < 4.78 is 0. The van der Waals surface area contributed by atoms with E-state index in [0.29, 0.717) is 6.42 Å². The molecule has 0 spiro atoms. The monoisotopic (exact) mass is 990 g/mol. The molecule has 0 aliphatic carbocycles. The highest BCUT2D eigenvalue weighted by Gasteiger charge is 2.18. The molecule has 0 bridgehead atoms. The first-order chi connectivity index (χ1) is 35.2. The van der Waals surface area contributed by atoms with E-state index in [1.54, 1.807) is 6.08 Å². The molecule has 0 aromatic carbocycles. The molecule has 0 aromatic heterocycles. The molecule has 0 saturated heterocycles. The number of rotatable bonds is 58. The third kappa shape index (κ3) is 58.6. The molecule has 2 unspecified atom stereocenters. The Hall–Kier alpha value is -2.17. The van der Waals surface area contributed by atoms with Gasteiger partial charge in [-0.1, -0.05) is 311 Å². The molecular formula is C67H123NO3. The number of unbranched alkanes of at least 4 members (excludes halogenated alkanes) is 41. The van der Waals surface area contributed by atoms with Gasteiger partial charge in [0.15, 0.2) is 0 Å². The van der Waals surface area contributed by atoms with Crippen molar-refractivity contribution in [2.24, 2.45) is 0 Å². The number of aliphatic hydroxyl groups is 2. The second-order valence-electron chi connectivity index (χ2n) is 21.5. The highest BCUT2D eigenvalue weighted by Crippen LogP contribution is 2.17. The van der Waals surface area contributed by atoms with Crippen molar-refractivity contribution < 1.29 is 15.0 Å². The van der Waals surface area contributed by atoms with Crippen LogP contribution in [-0.2, 0) is 4.79 Å². The molecular weight excluding hydrogens is 867 g/mol. The lowest BCUT2D eigenvalue weighted by Crippen LogP contribution is -2.45. The maximum atomic E-state index is 12.5. The predicted molar refractivity (Wildman–Crippen MR) is 317 cm³/mol. The quantitative estimate of drug-likeness (QED) is 0.0420. The summed E-state index contributed by atoms with van der Waals surface area (Å²) in [5, 5.41) is 23.2. The number of nitrogens with one attached hydrogen (secondary N) is 1. The van der Waals surface area contributed by atoms with Crippen LogP contribution in [0.15, 0.2) is 72.9 Å². The number of hydrogen-bond acceptors (Lipinski definition) is 3. The van der Waals surface area contributed by atoms with Gasteiger partial charge in [-0.25, -0.2) is 0 Å². The first kappa shape index (κ1) is 68.8. The number of allylic oxidation sites excluding steroid dienone is 11. The van der Waals surface area contributed by atoms with Gasteiger partial charge >= 0.3 is 0 Å². The minimum absolute atomic E-state index is 0.0739. The standard InChI is InChI=1S/C67H123NO3/c1-3-5-7-9-11-13-15-17-19-21-23-25-26-27-28-29-30-31-32-33-34-35-36-37-38-39-40-41-42-43-45-47-49-51-53-55-57-59-61-63-67(71)68-65(64-69)66(70)62-60-58-56-54-52-50-48-46-44-24-22-20-18-16-14-12-10-8-6-4-2/h15,17,21,23,26-27,44,46,52,54,60,62,65-66,69-70H,3-14,16,18-20,22,24-25,28-43,45,47-51,53,55-59,61,63-64H2,1-2H3,(H,68,71)/b17-15-,23-21-,27-26-,46-44+,54-52+,62-60+. The van der Waals surface area contributed by atoms with Crippen LogP contribution in [-0.4, -0.2) is 34.9 Å². The summed E-state index contributed by atoms with van der Waals surface area (Å²) in [5.74, 6) is -0.0739. The fourth-order valence-electron chi connectivity index (χ4n) is 9.57. The highest BCUT2D eigenvalue weighted by atomic mass is 16.3. The normalized spacial score (nSPS) is 13.2. The molecule has 0 saturated carbocycles. The van der Waals surface area contributed by atoms with Crippen LogP contribution in [0.4, 0.5) is 0 Å². The molecule has 0 aliphatic rings. The van der Waals surface area contributed by atoms with Gasteiger partial charge in [0.1, 0.15) is 0 Å². The van der Waals surface area contributed by atoms with Crippen LogP contribution in [0.25, 0.3) is 0 Å². The smallest absolute Gasteiger partial charge is 0.220 e. The first-order valence-corrected chi connectivity index (χ1v) is 31.7. The molecule has 4 heteroatoms. The van der Waals surface area contributed by atoms with Gasteiger partial charge in [-0.05, 0) is 83.5 Å². The summed E-state index contributed by atoms with van der Waals surface area (Å²) in [4.78, 5) is 12.5. The Balaban J connectivity index is 3.46. The summed E-state index contributed by atoms with van der Waals surface area (Å²) in [6.45, 7) is 4.30. The van der Waals surface area contributed by atoms with Crippen LogP contribution in [0.1, 0.15) is 328 Å². The molecule has 4 nitrogen and oxygen atoms in total. The van der Waals surface area contributed by atoms with Crippen LogP contribution in [0, 0.1) is 0 Å². The first-order valence-electron chi connectivity index (χ1n) is 31.7. The van der Waals surface area contributed by atoms with Crippen LogP contribution < -0.4 is 5.32 Å². The highest BCUT2D eigenvalue weighted by molar-refractivity contribution is 5.76. The van der Waals surface area contributed by atoms with Crippen molar-refractivity contribution in [3.8, 4) is 0 Å². The molecule has 0 radical (unpaired) electrons. The van der Waals surface area contributed by atoms with Crippen molar-refractivity contribution in [2.75, 3.05) is 6.61 Å². The fourth-order valence-corrected chi connectivity index (χ4v) is 9.57. The van der Waals surface area contributed by atoms with Gasteiger partial charge in [-0.3, -0.25) is 4.79 Å². The number of carbonyl (C=O) groups is 1. The van der Waals surface area contributed by atoms with E-state index in [2.05, 4.69) is 79.9 Å². The molecule has 414 valence electrons. The van der Waals surface area contributed by atoms with Crippen molar-refractivity contribution in [3.63, 3.8) is 0 Å². The van der Waals surface area contributed by atoms with Gasteiger partial charge in [-0.15, -0.1) is 0 Å². The van der Waals surface area contributed by atoms with Crippen molar-refractivity contribution >= 4 is 5.91 Å². The molecule has 0 rings (SSSR count). The predicted octanol–water partition coefficient (Wildman–Crippen LogP) is 21.3. The van der Waals surface area contributed by atoms with E-state index >= 15 is 0 Å². The molecule has 2 atom stereocenters. The zero-order valence-electron chi connectivity index (χ0n) is 47.7. The van der Waals surface area contributed by atoms with Crippen molar-refractivity contribution in [3.05, 3.63) is 72.9 Å². The van der Waals surface area contributed by atoms with Gasteiger partial charge in [0, 0.05) is 6.42 Å². The number of aliphatic hydroxyl groups excluding tert-OH is 2. The molecule has 0 fully saturated rings. The van der Waals surface area contributed by atoms with Crippen LogP contribution in [0.2, 0.25) is 0 Å². The lowest BCUT2D eigenvalue weighted by Gasteiger charge is -2.19. The van der Waals surface area contributed by atoms with Gasteiger partial charge in [0.2, 0.25) is 5.91 Å². The average Bonchev–Trinajstić information content (AvgIpc) is 3.37. The zero-order chi connectivity index (χ0) is 51.3. The second kappa shape index (κ2) is 62.1. The van der Waals surface area contributed by atoms with Crippen LogP contribution >= 0.6 is 0 Å². The lowest BCUT2D eigenvalue weighted by molar-refractivity contribution is -0.123. The Morgan fingerprint density at radius 2 is 0.592 bits per heavy atom. The molecule has 0 aliphatic heterocycles. The summed E-state index contributed by atoms with van der Waals surface area (Å²) >= 11 is 0. The lowest BCUT2D eigenvalue weighted by atomic mass is 10.0. The van der Waals surface area contributed by atoms with Crippen molar-refractivity contribution in [1.82, 2.24) is 5.32 Å². The third-order valence-corrected chi connectivity index (χ3v) is 14.4. The minimum Gasteiger partial charge on any atom is -0.394 e. The summed E-state index contributed by atoms with van der Waals surface area (Å²) in [7, 11) is 0. The van der Waals surface area contributed by atoms with E-state index in [0.717, 1.165) is 51.4 Å². The van der Waals surface area contributed by atoms with E-state index in [-0.39, 0.29) is 12.5 Å². The number of carbonyl (C=O) groups excluding carboxylic acids is 1. The van der Waals surface area contributed by atoms with Crippen molar-refractivity contribution in [1.29, 1.82) is 0 Å². The summed E-state index contributed by atoms with van der Waals surface area (Å²) in [6, 6.07) is -0.647. The molecule has 1 amide bonds. The fraction of sp³-hybridized carbons (Fsp3) is 0.806.